The highest BCUT2D eigenvalue weighted by molar-refractivity contribution is 9.10. The van der Waals surface area contributed by atoms with Crippen molar-refractivity contribution in [3.8, 4) is 0 Å². The standard InChI is InChI=1S/C16H24BrN5O3/c1-15(2,3)25-14(24)21-5-4-16(8-21)6-9(7-16)22-12(18)10(13(19)23)11(17)20-22/h9H,4-8,18H2,1-3H3,(H2,19,23)/t9-,16-. The molecule has 4 N–H and O–H groups in total. The van der Waals surface area contributed by atoms with Gasteiger partial charge in [0.2, 0.25) is 0 Å². The Bertz CT molecular complexity index is 718. The Kier molecular flexibility index (Phi) is 4.25. The van der Waals surface area contributed by atoms with E-state index >= 15 is 0 Å². The summed E-state index contributed by atoms with van der Waals surface area (Å²) in [6, 6.07) is 0.114. The third-order valence-corrected chi connectivity index (χ3v) is 5.48. The van der Waals surface area contributed by atoms with E-state index in [9.17, 15) is 9.59 Å². The fourth-order valence-corrected chi connectivity index (χ4v) is 4.36. The van der Waals surface area contributed by atoms with Crippen LogP contribution in [0.2, 0.25) is 0 Å². The normalized spacial score (nSPS) is 25.9. The summed E-state index contributed by atoms with van der Waals surface area (Å²) >= 11 is 3.24. The van der Waals surface area contributed by atoms with E-state index in [1.807, 2.05) is 20.8 Å². The van der Waals surface area contributed by atoms with Gasteiger partial charge in [0.05, 0.1) is 6.04 Å². The topological polar surface area (TPSA) is 116 Å². The maximum Gasteiger partial charge on any atom is 0.410 e. The number of aromatic nitrogens is 2. The molecular formula is C16H24BrN5O3. The number of anilines is 1. The number of likely N-dealkylation sites (tertiary alicyclic amines) is 1. The second-order valence-corrected chi connectivity index (χ2v) is 8.82. The summed E-state index contributed by atoms with van der Waals surface area (Å²) in [6.45, 7) is 6.98. The van der Waals surface area contributed by atoms with Crippen molar-refractivity contribution in [2.24, 2.45) is 11.1 Å². The van der Waals surface area contributed by atoms with Gasteiger partial charge < -0.3 is 21.1 Å². The van der Waals surface area contributed by atoms with Gasteiger partial charge in [0.1, 0.15) is 21.6 Å². The number of nitrogens with two attached hydrogens (primary N) is 2. The van der Waals surface area contributed by atoms with Gasteiger partial charge in [0.25, 0.3) is 5.91 Å². The van der Waals surface area contributed by atoms with Crippen LogP contribution in [-0.2, 0) is 4.74 Å². The third kappa shape index (κ3) is 3.33. The van der Waals surface area contributed by atoms with Crippen LogP contribution in [0, 0.1) is 5.41 Å². The minimum absolute atomic E-state index is 0.0827. The first kappa shape index (κ1) is 18.0. The van der Waals surface area contributed by atoms with E-state index in [1.54, 1.807) is 9.58 Å². The number of primary amides is 1. The smallest absolute Gasteiger partial charge is 0.410 e. The molecule has 0 aromatic carbocycles. The Hall–Kier alpha value is -1.77. The minimum Gasteiger partial charge on any atom is -0.444 e. The monoisotopic (exact) mass is 413 g/mol. The Balaban J connectivity index is 1.64. The maximum absolute atomic E-state index is 12.2. The van der Waals surface area contributed by atoms with Crippen molar-refractivity contribution in [2.75, 3.05) is 18.8 Å². The van der Waals surface area contributed by atoms with Gasteiger partial charge in [-0.15, -0.1) is 0 Å². The summed E-state index contributed by atoms with van der Waals surface area (Å²) < 4.78 is 7.50. The number of ether oxygens (including phenoxy) is 1. The minimum atomic E-state index is -0.596. The van der Waals surface area contributed by atoms with Crippen LogP contribution in [0.1, 0.15) is 56.4 Å². The van der Waals surface area contributed by atoms with Gasteiger partial charge in [-0.3, -0.25) is 4.79 Å². The molecule has 1 saturated heterocycles. The van der Waals surface area contributed by atoms with E-state index in [0.29, 0.717) is 23.5 Å². The van der Waals surface area contributed by atoms with E-state index in [2.05, 4.69) is 21.0 Å². The lowest BCUT2D eigenvalue weighted by molar-refractivity contribution is 0.0187. The molecule has 1 spiro atoms. The molecule has 1 saturated carbocycles. The van der Waals surface area contributed by atoms with Crippen molar-refractivity contribution in [1.29, 1.82) is 0 Å². The van der Waals surface area contributed by atoms with E-state index < -0.39 is 11.5 Å². The molecule has 2 aliphatic rings. The van der Waals surface area contributed by atoms with Crippen LogP contribution in [0.5, 0.6) is 0 Å². The summed E-state index contributed by atoms with van der Waals surface area (Å²) in [5, 5.41) is 4.31. The molecular weight excluding hydrogens is 390 g/mol. The molecule has 0 bridgehead atoms. The molecule has 0 radical (unpaired) electrons. The highest BCUT2D eigenvalue weighted by atomic mass is 79.9. The molecule has 3 rings (SSSR count). The number of hydrogen-bond acceptors (Lipinski definition) is 5. The van der Waals surface area contributed by atoms with E-state index in [-0.39, 0.29) is 23.1 Å². The molecule has 2 amide bonds. The first-order valence-corrected chi connectivity index (χ1v) is 9.12. The Morgan fingerprint density at radius 2 is 2.00 bits per heavy atom. The van der Waals surface area contributed by atoms with Crippen molar-refractivity contribution in [2.45, 2.75) is 51.7 Å². The number of carbonyl (C=O) groups is 2. The molecule has 2 heterocycles. The zero-order chi connectivity index (χ0) is 18.6. The number of nitrogen functional groups attached to an aromatic ring is 1. The summed E-state index contributed by atoms with van der Waals surface area (Å²) in [5.41, 5.74) is 11.2. The average Bonchev–Trinajstić information content (AvgIpc) is 2.97. The zero-order valence-corrected chi connectivity index (χ0v) is 16.3. The summed E-state index contributed by atoms with van der Waals surface area (Å²) in [5.74, 6) is -0.303. The average molecular weight is 414 g/mol. The summed E-state index contributed by atoms with van der Waals surface area (Å²) in [6.07, 6.45) is 2.41. The van der Waals surface area contributed by atoms with Gasteiger partial charge in [-0.25, -0.2) is 9.48 Å². The number of rotatable bonds is 2. The first-order chi connectivity index (χ1) is 11.5. The predicted molar refractivity (Wildman–Crippen MR) is 96.0 cm³/mol. The van der Waals surface area contributed by atoms with Crippen molar-refractivity contribution in [3.05, 3.63) is 10.2 Å². The van der Waals surface area contributed by atoms with Crippen LogP contribution < -0.4 is 11.5 Å². The predicted octanol–water partition coefficient (Wildman–Crippen LogP) is 2.29. The SMILES string of the molecule is CC(C)(C)OC(=O)N1CC[C@]2(C1)C[C@H](n1nc(Br)c(C(N)=O)c1N)C2. The number of hydrogen-bond donors (Lipinski definition) is 2. The Labute approximate surface area is 155 Å². The molecule has 138 valence electrons. The lowest BCUT2D eigenvalue weighted by Gasteiger charge is -2.45. The summed E-state index contributed by atoms with van der Waals surface area (Å²) in [4.78, 5) is 25.5. The highest BCUT2D eigenvalue weighted by Gasteiger charge is 2.51. The largest absolute Gasteiger partial charge is 0.444 e. The second-order valence-electron chi connectivity index (χ2n) is 8.07. The second kappa shape index (κ2) is 5.89. The van der Waals surface area contributed by atoms with Gasteiger partial charge in [0, 0.05) is 13.1 Å². The van der Waals surface area contributed by atoms with Crippen LogP contribution in [0.4, 0.5) is 10.6 Å². The molecule has 0 atom stereocenters. The molecule has 1 aliphatic carbocycles. The van der Waals surface area contributed by atoms with E-state index in [0.717, 1.165) is 19.3 Å². The van der Waals surface area contributed by atoms with Gasteiger partial charge in [0.15, 0.2) is 0 Å². The van der Waals surface area contributed by atoms with Crippen molar-refractivity contribution in [1.82, 2.24) is 14.7 Å². The van der Waals surface area contributed by atoms with Gasteiger partial charge >= 0.3 is 6.09 Å². The molecule has 9 heteroatoms. The summed E-state index contributed by atoms with van der Waals surface area (Å²) in [7, 11) is 0. The molecule has 1 aromatic rings. The maximum atomic E-state index is 12.2. The highest BCUT2D eigenvalue weighted by Crippen LogP contribution is 2.54. The number of carbonyl (C=O) groups excluding carboxylic acids is 2. The number of nitrogens with zero attached hydrogens (tertiary/aromatic N) is 3. The van der Waals surface area contributed by atoms with Gasteiger partial charge in [-0.05, 0) is 61.4 Å². The quantitative estimate of drug-likeness (QED) is 0.770. The number of halogens is 1. The van der Waals surface area contributed by atoms with Crippen LogP contribution in [0.25, 0.3) is 0 Å². The molecule has 1 aliphatic heterocycles. The molecule has 25 heavy (non-hydrogen) atoms. The zero-order valence-electron chi connectivity index (χ0n) is 14.7. The van der Waals surface area contributed by atoms with Crippen molar-refractivity contribution >= 4 is 33.7 Å². The third-order valence-electron chi connectivity index (χ3n) is 4.92. The fourth-order valence-electron chi connectivity index (χ4n) is 3.79. The van der Waals surface area contributed by atoms with Crippen molar-refractivity contribution in [3.63, 3.8) is 0 Å². The van der Waals surface area contributed by atoms with Crippen LogP contribution >= 0.6 is 15.9 Å². The lowest BCUT2D eigenvalue weighted by atomic mass is 9.65. The Morgan fingerprint density at radius 1 is 1.36 bits per heavy atom. The van der Waals surface area contributed by atoms with Crippen molar-refractivity contribution < 1.29 is 14.3 Å². The van der Waals surface area contributed by atoms with Gasteiger partial charge in [-0.1, -0.05) is 0 Å². The van der Waals surface area contributed by atoms with E-state index in [1.165, 1.54) is 0 Å². The Morgan fingerprint density at radius 3 is 2.52 bits per heavy atom. The van der Waals surface area contributed by atoms with Crippen LogP contribution in [0.15, 0.2) is 4.60 Å². The fraction of sp³-hybridized carbons (Fsp3) is 0.688. The molecule has 8 nitrogen and oxygen atoms in total. The first-order valence-electron chi connectivity index (χ1n) is 8.33. The van der Waals surface area contributed by atoms with Crippen LogP contribution in [0.3, 0.4) is 0 Å². The molecule has 2 fully saturated rings. The number of amides is 2. The molecule has 0 unspecified atom stereocenters. The molecule has 1 aromatic heterocycles. The lowest BCUT2D eigenvalue weighted by Crippen LogP contribution is -2.43. The van der Waals surface area contributed by atoms with Crippen LogP contribution in [-0.4, -0.2) is 45.4 Å². The van der Waals surface area contributed by atoms with E-state index in [4.69, 9.17) is 16.2 Å². The van der Waals surface area contributed by atoms with Gasteiger partial charge in [-0.2, -0.15) is 5.10 Å².